The van der Waals surface area contributed by atoms with Gasteiger partial charge in [0, 0.05) is 16.7 Å². The Morgan fingerprint density at radius 1 is 0.818 bits per heavy atom. The van der Waals surface area contributed by atoms with Crippen molar-refractivity contribution in [2.75, 3.05) is 13.9 Å². The number of esters is 4. The highest BCUT2D eigenvalue weighted by Gasteiger charge is 2.47. The summed E-state index contributed by atoms with van der Waals surface area (Å²) in [5.41, 5.74) is -3.86. The summed E-state index contributed by atoms with van der Waals surface area (Å²) >= 11 is 0. The third-order valence-corrected chi connectivity index (χ3v) is 7.45. The van der Waals surface area contributed by atoms with E-state index in [2.05, 4.69) is 0 Å². The Kier molecular flexibility index (Phi) is 12.0. The summed E-state index contributed by atoms with van der Waals surface area (Å²) in [5.74, 6) is -2.94. The van der Waals surface area contributed by atoms with Gasteiger partial charge in [0.05, 0.1) is 7.11 Å². The summed E-state index contributed by atoms with van der Waals surface area (Å²) < 4.78 is 37.9. The number of fused-ring (bicyclic) bond motifs is 1. The molecule has 0 radical (unpaired) electrons. The van der Waals surface area contributed by atoms with Gasteiger partial charge in [0.15, 0.2) is 28.8 Å². The standard InChI is InChI=1S/C31H42O13/c1-11-16(3)26(32)42-19(6)30(8,36)29(35)43-20(7)31(9,37)28(34)41-18(5)24(44-27(33)17(4)12-2)21-13-22(38-10)25-23(14-21)39-15-40-25/h11-14,18-20,24,36-37H,15H2,1-10H3. The lowest BCUT2D eigenvalue weighted by atomic mass is 9.98. The van der Waals surface area contributed by atoms with Crippen LogP contribution in [-0.4, -0.2) is 77.5 Å². The van der Waals surface area contributed by atoms with Crippen molar-refractivity contribution in [3.8, 4) is 17.2 Å². The van der Waals surface area contributed by atoms with Gasteiger partial charge in [-0.3, -0.25) is 0 Å². The third-order valence-electron chi connectivity index (χ3n) is 7.45. The monoisotopic (exact) mass is 622 g/mol. The molecule has 6 atom stereocenters. The fourth-order valence-electron chi connectivity index (χ4n) is 3.64. The molecule has 0 spiro atoms. The summed E-state index contributed by atoms with van der Waals surface area (Å²) in [6.07, 6.45) is -2.21. The predicted molar refractivity (Wildman–Crippen MR) is 155 cm³/mol. The number of methoxy groups -OCH3 is 1. The van der Waals surface area contributed by atoms with Crippen LogP contribution in [-0.2, 0) is 38.1 Å². The van der Waals surface area contributed by atoms with Gasteiger partial charge in [-0.25, -0.2) is 19.2 Å². The van der Waals surface area contributed by atoms with Crippen LogP contribution in [0.5, 0.6) is 17.2 Å². The molecule has 2 N–H and O–H groups in total. The SMILES string of the molecule is CC=C(C)C(=O)OC(c1cc(OC)c2c(c1)OCO2)C(C)OC(=O)C(C)(O)C(C)OC(=O)C(C)(O)C(C)OC(=O)C(C)=CC. The summed E-state index contributed by atoms with van der Waals surface area (Å²) in [6.45, 7) is 12.4. The Hall–Kier alpha value is -4.10. The average Bonchev–Trinajstić information content (AvgIpc) is 3.46. The molecule has 2 rings (SSSR count). The second-order valence-corrected chi connectivity index (χ2v) is 10.7. The van der Waals surface area contributed by atoms with Crippen molar-refractivity contribution in [1.82, 2.24) is 0 Å². The zero-order chi connectivity index (χ0) is 33.6. The van der Waals surface area contributed by atoms with Gasteiger partial charge in [0.1, 0.15) is 18.3 Å². The fraction of sp³-hybridized carbons (Fsp3) is 0.548. The van der Waals surface area contributed by atoms with E-state index in [1.54, 1.807) is 32.9 Å². The van der Waals surface area contributed by atoms with Crippen LogP contribution in [0.15, 0.2) is 35.4 Å². The molecule has 0 aromatic heterocycles. The second kappa shape index (κ2) is 14.6. The van der Waals surface area contributed by atoms with Crippen molar-refractivity contribution in [3.63, 3.8) is 0 Å². The molecule has 44 heavy (non-hydrogen) atoms. The minimum atomic E-state index is -2.43. The molecular weight excluding hydrogens is 580 g/mol. The van der Waals surface area contributed by atoms with Gasteiger partial charge in [0.25, 0.3) is 0 Å². The number of ether oxygens (including phenoxy) is 7. The van der Waals surface area contributed by atoms with Crippen LogP contribution in [0.25, 0.3) is 0 Å². The molecule has 0 amide bonds. The lowest BCUT2D eigenvalue weighted by Gasteiger charge is -2.34. The predicted octanol–water partition coefficient (Wildman–Crippen LogP) is 3.24. The quantitative estimate of drug-likeness (QED) is 0.187. The zero-order valence-corrected chi connectivity index (χ0v) is 26.7. The van der Waals surface area contributed by atoms with Crippen molar-refractivity contribution in [1.29, 1.82) is 0 Å². The van der Waals surface area contributed by atoms with E-state index >= 15 is 0 Å². The largest absolute Gasteiger partial charge is 0.493 e. The first-order chi connectivity index (χ1) is 20.4. The van der Waals surface area contributed by atoms with E-state index in [0.717, 1.165) is 13.8 Å². The first-order valence-electron chi connectivity index (χ1n) is 13.9. The molecule has 1 aliphatic heterocycles. The number of hydrogen-bond donors (Lipinski definition) is 2. The number of rotatable bonds is 13. The van der Waals surface area contributed by atoms with Gasteiger partial charge in [-0.05, 0) is 74.4 Å². The van der Waals surface area contributed by atoms with Crippen molar-refractivity contribution in [2.45, 2.75) is 97.9 Å². The van der Waals surface area contributed by atoms with Crippen molar-refractivity contribution >= 4 is 23.9 Å². The van der Waals surface area contributed by atoms with Crippen molar-refractivity contribution in [3.05, 3.63) is 41.0 Å². The second-order valence-electron chi connectivity index (χ2n) is 10.7. The highest BCUT2D eigenvalue weighted by atomic mass is 16.7. The van der Waals surface area contributed by atoms with E-state index in [1.807, 2.05) is 0 Å². The number of benzene rings is 1. The molecular formula is C31H42O13. The summed E-state index contributed by atoms with van der Waals surface area (Å²) in [5, 5.41) is 21.8. The Morgan fingerprint density at radius 3 is 1.84 bits per heavy atom. The number of hydrogen-bond acceptors (Lipinski definition) is 13. The fourth-order valence-corrected chi connectivity index (χ4v) is 3.64. The first kappa shape index (κ1) is 36.1. The lowest BCUT2D eigenvalue weighted by molar-refractivity contribution is -0.204. The van der Waals surface area contributed by atoms with Gasteiger partial charge in [-0.2, -0.15) is 0 Å². The van der Waals surface area contributed by atoms with Gasteiger partial charge in [-0.1, -0.05) is 12.2 Å². The molecule has 0 fully saturated rings. The minimum absolute atomic E-state index is 0.0508. The van der Waals surface area contributed by atoms with Crippen molar-refractivity contribution in [2.24, 2.45) is 0 Å². The Labute approximate surface area is 256 Å². The molecule has 1 aliphatic rings. The molecule has 244 valence electrons. The molecule has 0 aliphatic carbocycles. The summed E-state index contributed by atoms with van der Waals surface area (Å²) in [7, 11) is 1.42. The normalized spacial score (nSPS) is 18.5. The van der Waals surface area contributed by atoms with Crippen LogP contribution in [0.4, 0.5) is 0 Å². The van der Waals surface area contributed by atoms with E-state index in [-0.39, 0.29) is 18.1 Å². The number of carbonyl (C=O) groups excluding carboxylic acids is 4. The third kappa shape index (κ3) is 8.08. The van der Waals surface area contributed by atoms with Crippen LogP contribution in [0.3, 0.4) is 0 Å². The summed E-state index contributed by atoms with van der Waals surface area (Å²) in [6, 6.07) is 3.09. The topological polar surface area (TPSA) is 173 Å². The molecule has 1 aromatic rings. The van der Waals surface area contributed by atoms with Gasteiger partial charge in [-0.15, -0.1) is 0 Å². The van der Waals surface area contributed by atoms with E-state index < -0.39 is 59.5 Å². The molecule has 13 heteroatoms. The van der Waals surface area contributed by atoms with Crippen LogP contribution >= 0.6 is 0 Å². The van der Waals surface area contributed by atoms with E-state index in [1.165, 1.54) is 46.9 Å². The molecule has 6 unspecified atom stereocenters. The maximum atomic E-state index is 13.2. The molecule has 0 saturated heterocycles. The van der Waals surface area contributed by atoms with E-state index in [0.29, 0.717) is 22.6 Å². The van der Waals surface area contributed by atoms with Crippen LogP contribution < -0.4 is 14.2 Å². The molecule has 0 bridgehead atoms. The maximum Gasteiger partial charge on any atom is 0.342 e. The van der Waals surface area contributed by atoms with Gasteiger partial charge in [0.2, 0.25) is 12.5 Å². The minimum Gasteiger partial charge on any atom is -0.493 e. The van der Waals surface area contributed by atoms with Crippen molar-refractivity contribution < 1.29 is 62.5 Å². The zero-order valence-electron chi connectivity index (χ0n) is 26.7. The van der Waals surface area contributed by atoms with Crippen LogP contribution in [0, 0.1) is 0 Å². The van der Waals surface area contributed by atoms with Gasteiger partial charge < -0.3 is 43.4 Å². The molecule has 1 heterocycles. The number of aliphatic hydroxyl groups is 2. The van der Waals surface area contributed by atoms with Gasteiger partial charge >= 0.3 is 23.9 Å². The van der Waals surface area contributed by atoms with E-state index in [4.69, 9.17) is 33.2 Å². The molecule has 0 saturated carbocycles. The van der Waals surface area contributed by atoms with E-state index in [9.17, 15) is 29.4 Å². The highest BCUT2D eigenvalue weighted by molar-refractivity contribution is 5.89. The van der Waals surface area contributed by atoms with Crippen LogP contribution in [0.1, 0.15) is 74.0 Å². The smallest absolute Gasteiger partial charge is 0.342 e. The lowest BCUT2D eigenvalue weighted by Crippen LogP contribution is -2.54. The Bertz CT molecular complexity index is 1310. The molecule has 13 nitrogen and oxygen atoms in total. The Balaban J connectivity index is 2.26. The molecule has 1 aromatic carbocycles. The number of carbonyl (C=O) groups is 4. The summed E-state index contributed by atoms with van der Waals surface area (Å²) in [4.78, 5) is 50.9. The number of allylic oxidation sites excluding steroid dienone is 2. The highest BCUT2D eigenvalue weighted by Crippen LogP contribution is 2.44. The average molecular weight is 623 g/mol. The van der Waals surface area contributed by atoms with Crippen LogP contribution in [0.2, 0.25) is 0 Å². The maximum absolute atomic E-state index is 13.2. The first-order valence-corrected chi connectivity index (χ1v) is 13.9. The Morgan fingerprint density at radius 2 is 1.32 bits per heavy atom.